The number of nitrogens with one attached hydrogen (secondary N) is 1. The Morgan fingerprint density at radius 1 is 0.962 bits per heavy atom. The van der Waals surface area contributed by atoms with E-state index in [1.54, 1.807) is 18.2 Å². The van der Waals surface area contributed by atoms with Gasteiger partial charge < -0.3 is 19.5 Å². The first-order valence-electron chi connectivity index (χ1n) is 9.08. The van der Waals surface area contributed by atoms with E-state index in [1.807, 2.05) is 37.3 Å². The number of ether oxygens (including phenoxy) is 3. The van der Waals surface area contributed by atoms with E-state index in [0.29, 0.717) is 49.2 Å². The maximum Gasteiger partial charge on any atom is 0.255 e. The maximum absolute atomic E-state index is 12.6. The van der Waals surface area contributed by atoms with Crippen molar-refractivity contribution in [3.05, 3.63) is 54.1 Å². The molecule has 0 aromatic heterocycles. The summed E-state index contributed by atoms with van der Waals surface area (Å²) in [6.45, 7) is 6.32. The lowest BCUT2D eigenvalue weighted by Crippen LogP contribution is -2.13. The highest BCUT2D eigenvalue weighted by molar-refractivity contribution is 6.05. The van der Waals surface area contributed by atoms with Gasteiger partial charge in [-0.15, -0.1) is 0 Å². The van der Waals surface area contributed by atoms with Gasteiger partial charge in [-0.05, 0) is 43.7 Å². The lowest BCUT2D eigenvalue weighted by Gasteiger charge is -2.13. The van der Waals surface area contributed by atoms with Crippen LogP contribution in [0.4, 0.5) is 5.69 Å². The molecular formula is C21H27NO4. The van der Waals surface area contributed by atoms with Gasteiger partial charge >= 0.3 is 0 Å². The number of benzene rings is 2. The molecule has 0 heterocycles. The topological polar surface area (TPSA) is 56.8 Å². The van der Waals surface area contributed by atoms with Crippen molar-refractivity contribution in [2.45, 2.75) is 26.7 Å². The van der Waals surface area contributed by atoms with Crippen LogP contribution in [0.3, 0.4) is 0 Å². The standard InChI is InChI=1S/C21H27NO4/c1-3-5-13-26-20-12-7-6-11-19(20)22-21(23)17-9-8-10-18(16-17)25-15-14-24-4-2/h6-12,16H,3-5,13-15H2,1-2H3,(H,22,23). The summed E-state index contributed by atoms with van der Waals surface area (Å²) >= 11 is 0. The highest BCUT2D eigenvalue weighted by Crippen LogP contribution is 2.25. The van der Waals surface area contributed by atoms with Gasteiger partial charge in [0.2, 0.25) is 0 Å². The predicted octanol–water partition coefficient (Wildman–Crippen LogP) is 4.53. The van der Waals surface area contributed by atoms with Crippen molar-refractivity contribution in [3.63, 3.8) is 0 Å². The van der Waals surface area contributed by atoms with Gasteiger partial charge in [0.05, 0.1) is 18.9 Å². The van der Waals surface area contributed by atoms with Gasteiger partial charge in [-0.1, -0.05) is 31.5 Å². The molecule has 0 fully saturated rings. The third-order valence-electron chi connectivity index (χ3n) is 3.69. The van der Waals surface area contributed by atoms with Gasteiger partial charge in [0.25, 0.3) is 5.91 Å². The molecule has 26 heavy (non-hydrogen) atoms. The first-order chi connectivity index (χ1) is 12.7. The van der Waals surface area contributed by atoms with Crippen molar-refractivity contribution in [3.8, 4) is 11.5 Å². The number of carbonyl (C=O) groups excluding carboxylic acids is 1. The summed E-state index contributed by atoms with van der Waals surface area (Å²) in [7, 11) is 0. The van der Waals surface area contributed by atoms with E-state index in [1.165, 1.54) is 0 Å². The lowest BCUT2D eigenvalue weighted by molar-refractivity contribution is 0.102. The van der Waals surface area contributed by atoms with Crippen molar-refractivity contribution in [2.24, 2.45) is 0 Å². The second kappa shape index (κ2) is 11.2. The normalized spacial score (nSPS) is 10.4. The van der Waals surface area contributed by atoms with Gasteiger partial charge in [0.1, 0.15) is 18.1 Å². The summed E-state index contributed by atoms with van der Waals surface area (Å²) in [6.07, 6.45) is 2.04. The Balaban J connectivity index is 1.99. The number of carbonyl (C=O) groups is 1. The Morgan fingerprint density at radius 3 is 2.62 bits per heavy atom. The maximum atomic E-state index is 12.6. The van der Waals surface area contributed by atoms with Crippen molar-refractivity contribution >= 4 is 11.6 Å². The minimum Gasteiger partial charge on any atom is -0.491 e. The second-order valence-corrected chi connectivity index (χ2v) is 5.73. The molecule has 0 aliphatic heterocycles. The van der Waals surface area contributed by atoms with Crippen LogP contribution in [0.15, 0.2) is 48.5 Å². The van der Waals surface area contributed by atoms with Crippen LogP contribution in [0.2, 0.25) is 0 Å². The zero-order valence-corrected chi connectivity index (χ0v) is 15.5. The Kier molecular flexibility index (Phi) is 8.49. The monoisotopic (exact) mass is 357 g/mol. The number of hydrogen-bond acceptors (Lipinski definition) is 4. The highest BCUT2D eigenvalue weighted by Gasteiger charge is 2.10. The average molecular weight is 357 g/mol. The Morgan fingerprint density at radius 2 is 1.81 bits per heavy atom. The predicted molar refractivity (Wildman–Crippen MR) is 103 cm³/mol. The zero-order valence-electron chi connectivity index (χ0n) is 15.5. The fourth-order valence-electron chi connectivity index (χ4n) is 2.31. The van der Waals surface area contributed by atoms with E-state index in [-0.39, 0.29) is 5.91 Å². The largest absolute Gasteiger partial charge is 0.491 e. The summed E-state index contributed by atoms with van der Waals surface area (Å²) in [5.74, 6) is 1.12. The SMILES string of the molecule is CCCCOc1ccccc1NC(=O)c1cccc(OCCOCC)c1. The van der Waals surface area contributed by atoms with Crippen LogP contribution in [-0.4, -0.2) is 32.3 Å². The summed E-state index contributed by atoms with van der Waals surface area (Å²) in [6, 6.07) is 14.6. The molecule has 2 aromatic carbocycles. The molecule has 0 bridgehead atoms. The molecule has 0 aliphatic rings. The van der Waals surface area contributed by atoms with Gasteiger partial charge in [-0.3, -0.25) is 4.79 Å². The molecule has 0 atom stereocenters. The van der Waals surface area contributed by atoms with Crippen LogP contribution in [0.1, 0.15) is 37.0 Å². The number of amides is 1. The highest BCUT2D eigenvalue weighted by atomic mass is 16.5. The third kappa shape index (κ3) is 6.41. The molecule has 0 saturated heterocycles. The third-order valence-corrected chi connectivity index (χ3v) is 3.69. The van der Waals surface area contributed by atoms with Crippen LogP contribution < -0.4 is 14.8 Å². The fourth-order valence-corrected chi connectivity index (χ4v) is 2.31. The molecule has 2 aromatic rings. The number of rotatable bonds is 11. The van der Waals surface area contributed by atoms with E-state index >= 15 is 0 Å². The van der Waals surface area contributed by atoms with E-state index < -0.39 is 0 Å². The van der Waals surface area contributed by atoms with E-state index in [9.17, 15) is 4.79 Å². The molecule has 0 spiro atoms. The van der Waals surface area contributed by atoms with Crippen LogP contribution in [0, 0.1) is 0 Å². The quantitative estimate of drug-likeness (QED) is 0.600. The molecule has 2 rings (SSSR count). The summed E-state index contributed by atoms with van der Waals surface area (Å²) in [5.41, 5.74) is 1.19. The smallest absolute Gasteiger partial charge is 0.255 e. The summed E-state index contributed by atoms with van der Waals surface area (Å²) < 4.78 is 16.6. The number of hydrogen-bond donors (Lipinski definition) is 1. The molecule has 5 nitrogen and oxygen atoms in total. The van der Waals surface area contributed by atoms with Crippen molar-refractivity contribution in [2.75, 3.05) is 31.7 Å². The molecule has 140 valence electrons. The van der Waals surface area contributed by atoms with Crippen LogP contribution in [-0.2, 0) is 4.74 Å². The van der Waals surface area contributed by atoms with Crippen LogP contribution in [0.25, 0.3) is 0 Å². The first kappa shape index (κ1) is 19.8. The van der Waals surface area contributed by atoms with Crippen LogP contribution >= 0.6 is 0 Å². The van der Waals surface area contributed by atoms with Crippen molar-refractivity contribution in [1.82, 2.24) is 0 Å². The average Bonchev–Trinajstić information content (AvgIpc) is 2.67. The molecule has 1 N–H and O–H groups in total. The molecule has 0 saturated carbocycles. The van der Waals surface area contributed by atoms with Gasteiger partial charge in [0, 0.05) is 12.2 Å². The summed E-state index contributed by atoms with van der Waals surface area (Å²) in [4.78, 5) is 12.6. The van der Waals surface area contributed by atoms with Gasteiger partial charge in [-0.2, -0.15) is 0 Å². The lowest BCUT2D eigenvalue weighted by atomic mass is 10.2. The van der Waals surface area contributed by atoms with Crippen molar-refractivity contribution < 1.29 is 19.0 Å². The van der Waals surface area contributed by atoms with Gasteiger partial charge in [0.15, 0.2) is 0 Å². The zero-order chi connectivity index (χ0) is 18.6. The Bertz CT molecular complexity index is 687. The number of unbranched alkanes of at least 4 members (excludes halogenated alkanes) is 1. The van der Waals surface area contributed by atoms with Crippen molar-refractivity contribution in [1.29, 1.82) is 0 Å². The van der Waals surface area contributed by atoms with Crippen LogP contribution in [0.5, 0.6) is 11.5 Å². The number of anilines is 1. The summed E-state index contributed by atoms with van der Waals surface area (Å²) in [5, 5.41) is 2.91. The van der Waals surface area contributed by atoms with E-state index in [2.05, 4.69) is 12.2 Å². The minimum absolute atomic E-state index is 0.202. The van der Waals surface area contributed by atoms with E-state index in [0.717, 1.165) is 12.8 Å². The molecule has 5 heteroatoms. The molecule has 0 aliphatic carbocycles. The van der Waals surface area contributed by atoms with E-state index in [4.69, 9.17) is 14.2 Å². The fraction of sp³-hybridized carbons (Fsp3) is 0.381. The Labute approximate surface area is 155 Å². The number of para-hydroxylation sites is 2. The minimum atomic E-state index is -0.202. The molecule has 0 radical (unpaired) electrons. The Hall–Kier alpha value is -2.53. The van der Waals surface area contributed by atoms with Gasteiger partial charge in [-0.25, -0.2) is 0 Å². The molecular weight excluding hydrogens is 330 g/mol. The molecule has 1 amide bonds. The second-order valence-electron chi connectivity index (χ2n) is 5.73. The first-order valence-corrected chi connectivity index (χ1v) is 9.08. The molecule has 0 unspecified atom stereocenters.